The minimum absolute atomic E-state index is 0.0312. The smallest absolute Gasteiger partial charge is 0.341 e. The summed E-state index contributed by atoms with van der Waals surface area (Å²) in [5.74, 6) is -0.626. The normalized spacial score (nSPS) is 23.3. The second-order valence-corrected chi connectivity index (χ2v) is 14.4. The Kier molecular flexibility index (Phi) is 10.4. The van der Waals surface area contributed by atoms with Crippen LogP contribution < -0.4 is 15.9 Å². The van der Waals surface area contributed by atoms with E-state index >= 15 is 0 Å². The van der Waals surface area contributed by atoms with E-state index in [-0.39, 0.29) is 32.1 Å². The molecule has 0 radical (unpaired) electrons. The third-order valence-electron chi connectivity index (χ3n) is 6.53. The van der Waals surface area contributed by atoms with Crippen LogP contribution in [0.1, 0.15) is 60.3 Å². The van der Waals surface area contributed by atoms with Crippen molar-refractivity contribution >= 4 is 30.9 Å². The van der Waals surface area contributed by atoms with Crippen LogP contribution in [0.15, 0.2) is 18.5 Å². The molecule has 15 nitrogen and oxygen atoms in total. The van der Waals surface area contributed by atoms with Crippen molar-refractivity contribution in [1.29, 1.82) is 0 Å². The van der Waals surface area contributed by atoms with E-state index in [1.165, 1.54) is 17.8 Å². The first-order valence-electron chi connectivity index (χ1n) is 13.6. The van der Waals surface area contributed by atoms with Crippen molar-refractivity contribution in [3.8, 4) is 0 Å². The van der Waals surface area contributed by atoms with Gasteiger partial charge in [0.05, 0.1) is 23.1 Å². The van der Waals surface area contributed by atoms with Gasteiger partial charge in [-0.05, 0) is 60.6 Å². The summed E-state index contributed by atoms with van der Waals surface area (Å²) in [6.45, 7) is 11.1. The van der Waals surface area contributed by atoms with Crippen LogP contribution in [0.3, 0.4) is 0 Å². The number of ether oxygens (including phenoxy) is 3. The van der Waals surface area contributed by atoms with Crippen LogP contribution in [0.25, 0.3) is 5.52 Å². The predicted octanol–water partition coefficient (Wildman–Crippen LogP) is 1.35. The van der Waals surface area contributed by atoms with E-state index in [1.807, 2.05) is 0 Å². The van der Waals surface area contributed by atoms with Crippen LogP contribution in [0.2, 0.25) is 0 Å². The number of nitrogens with one attached hydrogen (secondary N) is 2. The van der Waals surface area contributed by atoms with Crippen LogP contribution in [0.5, 0.6) is 0 Å². The van der Waals surface area contributed by atoms with Crippen molar-refractivity contribution in [1.82, 2.24) is 24.8 Å². The highest BCUT2D eigenvalue weighted by Crippen LogP contribution is 2.44. The second kappa shape index (κ2) is 12.9. The fourth-order valence-corrected chi connectivity index (χ4v) is 5.48. The van der Waals surface area contributed by atoms with E-state index in [0.717, 1.165) is 0 Å². The van der Waals surface area contributed by atoms with Gasteiger partial charge in [0.1, 0.15) is 49.0 Å². The summed E-state index contributed by atoms with van der Waals surface area (Å²) in [6.07, 6.45) is -2.56. The zero-order valence-electron chi connectivity index (χ0n) is 25.1. The summed E-state index contributed by atoms with van der Waals surface area (Å²) >= 11 is 0. The molecule has 3 rings (SSSR count). The summed E-state index contributed by atoms with van der Waals surface area (Å²) in [4.78, 5) is 28.1. The molecule has 1 saturated heterocycles. The average Bonchev–Trinajstić information content (AvgIpc) is 3.43. The molecule has 0 amide bonds. The Hall–Kier alpha value is -2.65. The molecule has 0 bridgehead atoms. The highest BCUT2D eigenvalue weighted by atomic mass is 31.2. The summed E-state index contributed by atoms with van der Waals surface area (Å²) in [6, 6.07) is 3.32. The van der Waals surface area contributed by atoms with Crippen LogP contribution in [0, 0.1) is 10.8 Å². The van der Waals surface area contributed by atoms with Gasteiger partial charge in [-0.2, -0.15) is 5.10 Å². The van der Waals surface area contributed by atoms with E-state index in [2.05, 4.69) is 20.3 Å². The lowest BCUT2D eigenvalue weighted by Gasteiger charge is -2.30. The van der Waals surface area contributed by atoms with Gasteiger partial charge in [0.2, 0.25) is 0 Å². The molecule has 0 aliphatic carbocycles. The first kappa shape index (κ1) is 33.8. The number of nitrogens with two attached hydrogens (primary N) is 1. The molecule has 236 valence electrons. The summed E-state index contributed by atoms with van der Waals surface area (Å²) in [7, 11) is -3.89. The maximum atomic E-state index is 13.7. The third-order valence-corrected chi connectivity index (χ3v) is 8.30. The minimum atomic E-state index is -3.89. The van der Waals surface area contributed by atoms with Gasteiger partial charge >= 0.3 is 19.6 Å². The van der Waals surface area contributed by atoms with Crippen LogP contribution in [0.4, 0.5) is 5.82 Å². The highest BCUT2D eigenvalue weighted by Gasteiger charge is 2.53. The van der Waals surface area contributed by atoms with Gasteiger partial charge in [-0.3, -0.25) is 14.2 Å². The van der Waals surface area contributed by atoms with Crippen LogP contribution in [-0.2, 0) is 32.9 Å². The number of fused-ring (bicyclic) bond motifs is 1. The molecular formula is C26H43N6O9P. The number of rotatable bonds is 12. The molecule has 42 heavy (non-hydrogen) atoms. The quantitative estimate of drug-likeness (QED) is 0.130. The summed E-state index contributed by atoms with van der Waals surface area (Å²) in [5, 5.41) is 31.5. The zero-order valence-corrected chi connectivity index (χ0v) is 26.0. The molecule has 16 heteroatoms. The van der Waals surface area contributed by atoms with Crippen molar-refractivity contribution in [3.63, 3.8) is 0 Å². The van der Waals surface area contributed by atoms with Crippen molar-refractivity contribution in [3.05, 3.63) is 24.2 Å². The van der Waals surface area contributed by atoms with Gasteiger partial charge in [-0.25, -0.2) is 19.7 Å². The maximum Gasteiger partial charge on any atom is 0.341 e. The highest BCUT2D eigenvalue weighted by molar-refractivity contribution is 7.54. The number of esters is 2. The minimum Gasteiger partial charge on any atom is -0.464 e. The van der Waals surface area contributed by atoms with Gasteiger partial charge in [-0.15, -0.1) is 0 Å². The van der Waals surface area contributed by atoms with Gasteiger partial charge in [0.15, 0.2) is 5.82 Å². The molecule has 0 saturated carbocycles. The molecular weight excluding hydrogens is 571 g/mol. The Morgan fingerprint density at radius 3 is 2.14 bits per heavy atom. The van der Waals surface area contributed by atoms with E-state index in [0.29, 0.717) is 11.2 Å². The van der Waals surface area contributed by atoms with Crippen molar-refractivity contribution in [2.45, 2.75) is 72.4 Å². The number of hydrogen-bond acceptors (Lipinski definition) is 12. The Labute approximate surface area is 245 Å². The van der Waals surface area contributed by atoms with Crippen molar-refractivity contribution in [2.75, 3.05) is 38.6 Å². The van der Waals surface area contributed by atoms with E-state index < -0.39 is 61.0 Å². The summed E-state index contributed by atoms with van der Waals surface area (Å²) < 4.78 is 37.5. The number of nitrogens with zero attached hydrogens (tertiary/aromatic N) is 3. The number of hydrogen-bond donors (Lipinski definition) is 5. The predicted molar refractivity (Wildman–Crippen MR) is 152 cm³/mol. The number of aliphatic hydroxyl groups excluding tert-OH is 2. The lowest BCUT2D eigenvalue weighted by Crippen LogP contribution is -2.45. The van der Waals surface area contributed by atoms with E-state index in [4.69, 9.17) is 24.5 Å². The molecule has 1 fully saturated rings. The number of anilines is 1. The van der Waals surface area contributed by atoms with E-state index in [9.17, 15) is 24.4 Å². The topological polar surface area (TPSA) is 209 Å². The summed E-state index contributed by atoms with van der Waals surface area (Å²) in [5.41, 5.74) is 3.92. The molecule has 2 aromatic heterocycles. The van der Waals surface area contributed by atoms with Gasteiger partial charge < -0.3 is 34.7 Å². The van der Waals surface area contributed by atoms with Gasteiger partial charge in [0.25, 0.3) is 0 Å². The molecule has 0 spiro atoms. The Balaban J connectivity index is 1.69. The molecule has 0 unspecified atom stereocenters. The Morgan fingerprint density at radius 1 is 1.07 bits per heavy atom. The van der Waals surface area contributed by atoms with Gasteiger partial charge in [-0.1, -0.05) is 0 Å². The number of aromatic nitrogens is 3. The molecule has 4 atom stereocenters. The largest absolute Gasteiger partial charge is 0.464 e. The number of carbonyl (C=O) groups is 2. The fraction of sp³-hybridized carbons (Fsp3) is 0.692. The maximum absolute atomic E-state index is 13.7. The van der Waals surface area contributed by atoms with Crippen LogP contribution >= 0.6 is 7.67 Å². The van der Waals surface area contributed by atoms with Crippen molar-refractivity contribution in [2.24, 2.45) is 10.8 Å². The molecule has 1 aliphatic heterocycles. The SMILES string of the molecule is CC(C)(C)C(=O)OCCNP(=O)(NCCOC(=O)C(C)(C)C)OC[C@@]1(C)O[C@@H](c2ccc3c(N)ncnn23)[C@H](O)[C@@H]1O. The molecule has 1 aliphatic rings. The third kappa shape index (κ3) is 8.04. The number of carbonyl (C=O) groups excluding carboxylic acids is 2. The molecule has 2 aromatic rings. The molecule has 6 N–H and O–H groups in total. The first-order chi connectivity index (χ1) is 19.4. The van der Waals surface area contributed by atoms with Crippen molar-refractivity contribution < 1.29 is 43.1 Å². The van der Waals surface area contributed by atoms with Crippen LogP contribution in [-0.4, -0.2) is 87.5 Å². The Bertz CT molecular complexity index is 1270. The molecule has 0 aromatic carbocycles. The fourth-order valence-electron chi connectivity index (χ4n) is 3.97. The standard InChI is InChI=1S/C26H43N6O9P/c1-24(2,3)22(35)38-12-10-30-42(37,31-11-13-39-23(36)25(4,5)6)40-14-26(7)20(34)18(33)19(41-26)16-8-9-17-21(27)28-15-29-32(16)17/h8-9,15,18-20,33-34H,10-14H2,1-7H3,(H2,27,28,29)(H2,30,31,37)/t18-,19-,20-,26+/m0/s1. The average molecular weight is 615 g/mol. The second-order valence-electron chi connectivity index (χ2n) is 12.4. The zero-order chi connectivity index (χ0) is 31.5. The monoisotopic (exact) mass is 614 g/mol. The number of aliphatic hydroxyl groups is 2. The lowest BCUT2D eigenvalue weighted by atomic mass is 9.97. The first-order valence-corrected chi connectivity index (χ1v) is 15.2. The lowest BCUT2D eigenvalue weighted by molar-refractivity contribution is -0.153. The Morgan fingerprint density at radius 2 is 1.62 bits per heavy atom. The molecule has 3 heterocycles. The number of nitrogen functional groups attached to an aromatic ring is 1. The van der Waals surface area contributed by atoms with E-state index in [1.54, 1.807) is 53.7 Å². The van der Waals surface area contributed by atoms with Gasteiger partial charge in [0, 0.05) is 13.1 Å².